The minimum atomic E-state index is -0.703. The molecular weight excluding hydrogens is 286 g/mol. The van der Waals surface area contributed by atoms with Crippen molar-refractivity contribution in [1.29, 1.82) is 0 Å². The first-order valence-corrected chi connectivity index (χ1v) is 8.18. The summed E-state index contributed by atoms with van der Waals surface area (Å²) in [5.41, 5.74) is 2.23. The third kappa shape index (κ3) is 3.00. The Morgan fingerprint density at radius 3 is 3.19 bits per heavy atom. The minimum absolute atomic E-state index is 0.260. The molecule has 0 spiro atoms. The predicted molar refractivity (Wildman–Crippen MR) is 84.0 cm³/mol. The summed E-state index contributed by atoms with van der Waals surface area (Å²) < 4.78 is 1.15. The highest BCUT2D eigenvalue weighted by Gasteiger charge is 2.23. The van der Waals surface area contributed by atoms with Crippen molar-refractivity contribution in [3.8, 4) is 0 Å². The molecule has 1 aliphatic heterocycles. The Balaban J connectivity index is 1.80. The van der Waals surface area contributed by atoms with Crippen LogP contribution >= 0.6 is 11.3 Å². The molecule has 0 amide bonds. The minimum Gasteiger partial charge on any atom is -0.481 e. The number of nitrogens with zero attached hydrogens (tertiary/aromatic N) is 3. The van der Waals surface area contributed by atoms with Crippen LogP contribution in [-0.4, -0.2) is 34.1 Å². The van der Waals surface area contributed by atoms with Crippen molar-refractivity contribution in [1.82, 2.24) is 9.97 Å². The van der Waals surface area contributed by atoms with E-state index in [1.165, 1.54) is 5.56 Å². The summed E-state index contributed by atoms with van der Waals surface area (Å²) in [6.45, 7) is 3.96. The van der Waals surface area contributed by atoms with Crippen LogP contribution < -0.4 is 4.90 Å². The van der Waals surface area contributed by atoms with E-state index in [4.69, 9.17) is 5.11 Å². The number of carbonyl (C=O) groups is 1. The van der Waals surface area contributed by atoms with Crippen LogP contribution in [-0.2, 0) is 4.79 Å². The van der Waals surface area contributed by atoms with Crippen LogP contribution in [0.2, 0.25) is 0 Å². The van der Waals surface area contributed by atoms with Crippen molar-refractivity contribution >= 4 is 33.3 Å². The molecule has 2 aromatic rings. The number of aromatic nitrogens is 2. The number of piperidine rings is 1. The smallest absolute Gasteiger partial charge is 0.303 e. The molecule has 1 aliphatic rings. The van der Waals surface area contributed by atoms with Crippen LogP contribution in [0.4, 0.5) is 5.82 Å². The Kier molecular flexibility index (Phi) is 4.05. The summed E-state index contributed by atoms with van der Waals surface area (Å²) in [5, 5.41) is 11.0. The largest absolute Gasteiger partial charge is 0.481 e. The molecule has 6 heteroatoms. The molecule has 21 heavy (non-hydrogen) atoms. The van der Waals surface area contributed by atoms with Crippen molar-refractivity contribution in [2.45, 2.75) is 32.6 Å². The molecule has 1 N–H and O–H groups in total. The number of hydrogen-bond acceptors (Lipinski definition) is 5. The molecule has 1 fully saturated rings. The van der Waals surface area contributed by atoms with E-state index in [0.29, 0.717) is 5.92 Å². The van der Waals surface area contributed by atoms with Crippen LogP contribution in [0.5, 0.6) is 0 Å². The van der Waals surface area contributed by atoms with Gasteiger partial charge in [-0.1, -0.05) is 0 Å². The van der Waals surface area contributed by atoms with Crippen molar-refractivity contribution in [2.75, 3.05) is 18.0 Å². The molecule has 1 unspecified atom stereocenters. The van der Waals surface area contributed by atoms with Crippen molar-refractivity contribution < 1.29 is 9.90 Å². The second-order valence-corrected chi connectivity index (χ2v) is 6.56. The average Bonchev–Trinajstić information content (AvgIpc) is 2.87. The van der Waals surface area contributed by atoms with Gasteiger partial charge in [-0.2, -0.15) is 0 Å². The molecule has 112 valence electrons. The summed E-state index contributed by atoms with van der Waals surface area (Å²) in [6.07, 6.45) is 4.86. The lowest BCUT2D eigenvalue weighted by Crippen LogP contribution is -2.36. The zero-order valence-corrected chi connectivity index (χ0v) is 12.9. The number of thiophene rings is 1. The number of fused-ring (bicyclic) bond motifs is 1. The van der Waals surface area contributed by atoms with E-state index in [9.17, 15) is 4.79 Å². The number of carboxylic acids is 1. The zero-order chi connectivity index (χ0) is 14.8. The molecule has 3 rings (SSSR count). The van der Waals surface area contributed by atoms with Gasteiger partial charge in [0, 0.05) is 19.5 Å². The normalized spacial score (nSPS) is 19.1. The van der Waals surface area contributed by atoms with E-state index in [0.717, 1.165) is 48.4 Å². The maximum Gasteiger partial charge on any atom is 0.303 e. The first kappa shape index (κ1) is 14.3. The topological polar surface area (TPSA) is 66.3 Å². The molecule has 0 radical (unpaired) electrons. The van der Waals surface area contributed by atoms with Gasteiger partial charge in [0.15, 0.2) is 0 Å². The van der Waals surface area contributed by atoms with Gasteiger partial charge in [-0.15, -0.1) is 11.3 Å². The Labute approximate surface area is 127 Å². The fraction of sp³-hybridized carbons (Fsp3) is 0.533. The van der Waals surface area contributed by atoms with Crippen LogP contribution in [0.3, 0.4) is 0 Å². The third-order valence-corrected chi connectivity index (χ3v) is 5.18. The number of hydrogen-bond donors (Lipinski definition) is 1. The summed E-state index contributed by atoms with van der Waals surface area (Å²) in [5.74, 6) is 0.754. The monoisotopic (exact) mass is 305 g/mol. The quantitative estimate of drug-likeness (QED) is 0.940. The lowest BCUT2D eigenvalue weighted by atomic mass is 9.93. The van der Waals surface area contributed by atoms with Gasteiger partial charge in [-0.05, 0) is 43.0 Å². The number of rotatable bonds is 4. The van der Waals surface area contributed by atoms with Gasteiger partial charge >= 0.3 is 5.97 Å². The van der Waals surface area contributed by atoms with Crippen molar-refractivity contribution in [2.24, 2.45) is 5.92 Å². The Morgan fingerprint density at radius 1 is 1.52 bits per heavy atom. The van der Waals surface area contributed by atoms with Crippen molar-refractivity contribution in [3.05, 3.63) is 17.3 Å². The SMILES string of the molecule is Cc1csc2c(N3CCCC(CCC(=O)O)C3)ncnc12. The third-order valence-electron chi connectivity index (χ3n) is 4.10. The molecular formula is C15H19N3O2S. The van der Waals surface area contributed by atoms with Gasteiger partial charge in [0.1, 0.15) is 12.1 Å². The van der Waals surface area contributed by atoms with Crippen LogP contribution in [0.1, 0.15) is 31.2 Å². The molecule has 5 nitrogen and oxygen atoms in total. The molecule has 3 heterocycles. The maximum absolute atomic E-state index is 10.7. The number of aliphatic carboxylic acids is 1. The van der Waals surface area contributed by atoms with Gasteiger partial charge in [0.2, 0.25) is 0 Å². The van der Waals surface area contributed by atoms with Crippen molar-refractivity contribution in [3.63, 3.8) is 0 Å². The molecule has 0 aliphatic carbocycles. The van der Waals surface area contributed by atoms with E-state index >= 15 is 0 Å². The second kappa shape index (κ2) is 5.97. The Hall–Kier alpha value is -1.69. The molecule has 1 atom stereocenters. The Morgan fingerprint density at radius 2 is 2.38 bits per heavy atom. The second-order valence-electron chi connectivity index (χ2n) is 5.68. The molecule has 2 aromatic heterocycles. The van der Waals surface area contributed by atoms with Gasteiger partial charge in [0.25, 0.3) is 0 Å². The predicted octanol–water partition coefficient (Wildman–Crippen LogP) is 3.08. The van der Waals surface area contributed by atoms with E-state index in [2.05, 4.69) is 27.2 Å². The van der Waals surface area contributed by atoms with Gasteiger partial charge in [-0.25, -0.2) is 9.97 Å². The number of anilines is 1. The molecule has 0 aromatic carbocycles. The number of carboxylic acid groups (broad SMARTS) is 1. The summed E-state index contributed by atoms with van der Waals surface area (Å²) in [6, 6.07) is 0. The summed E-state index contributed by atoms with van der Waals surface area (Å²) in [7, 11) is 0. The fourth-order valence-corrected chi connectivity index (χ4v) is 4.02. The summed E-state index contributed by atoms with van der Waals surface area (Å²) >= 11 is 1.69. The van der Waals surface area contributed by atoms with Crippen LogP contribution in [0, 0.1) is 12.8 Å². The zero-order valence-electron chi connectivity index (χ0n) is 12.1. The van der Waals surface area contributed by atoms with Crippen LogP contribution in [0.25, 0.3) is 10.2 Å². The lowest BCUT2D eigenvalue weighted by molar-refractivity contribution is -0.137. The standard InChI is InChI=1S/C15H19N3O2S/c1-10-8-21-14-13(10)16-9-17-15(14)18-6-2-3-11(7-18)4-5-12(19)20/h8-9,11H,2-7H2,1H3,(H,19,20). The molecule has 0 bridgehead atoms. The molecule has 0 saturated carbocycles. The fourth-order valence-electron chi connectivity index (χ4n) is 3.00. The van der Waals surface area contributed by atoms with Gasteiger partial charge in [-0.3, -0.25) is 4.79 Å². The van der Waals surface area contributed by atoms with Gasteiger partial charge in [0.05, 0.1) is 10.2 Å². The molecule has 1 saturated heterocycles. The van der Waals surface area contributed by atoms with E-state index in [1.54, 1.807) is 17.7 Å². The number of aryl methyl sites for hydroxylation is 1. The highest BCUT2D eigenvalue weighted by atomic mass is 32.1. The van der Waals surface area contributed by atoms with E-state index in [-0.39, 0.29) is 6.42 Å². The average molecular weight is 305 g/mol. The van der Waals surface area contributed by atoms with E-state index in [1.807, 2.05) is 0 Å². The first-order chi connectivity index (χ1) is 10.1. The van der Waals surface area contributed by atoms with Crippen LogP contribution in [0.15, 0.2) is 11.7 Å². The summed E-state index contributed by atoms with van der Waals surface area (Å²) in [4.78, 5) is 21.9. The van der Waals surface area contributed by atoms with Gasteiger partial charge < -0.3 is 10.0 Å². The Bertz CT molecular complexity index is 655. The first-order valence-electron chi connectivity index (χ1n) is 7.30. The highest BCUT2D eigenvalue weighted by Crippen LogP contribution is 2.33. The highest BCUT2D eigenvalue weighted by molar-refractivity contribution is 7.18. The maximum atomic E-state index is 10.7. The lowest BCUT2D eigenvalue weighted by Gasteiger charge is -2.33. The van der Waals surface area contributed by atoms with E-state index < -0.39 is 5.97 Å².